The molecule has 0 bridgehead atoms. The molecule has 4 rings (SSSR count). The molecule has 12 heteroatoms. The summed E-state index contributed by atoms with van der Waals surface area (Å²) in [5.74, 6) is 1.33. The Morgan fingerprint density at radius 1 is 1.19 bits per heavy atom. The Kier molecular flexibility index (Phi) is 7.69. The Morgan fingerprint density at radius 3 is 2.49 bits per heavy atom. The van der Waals surface area contributed by atoms with E-state index in [1.807, 2.05) is 13.0 Å². The van der Waals surface area contributed by atoms with Gasteiger partial charge in [0.05, 0.1) is 31.8 Å². The van der Waals surface area contributed by atoms with E-state index in [1.165, 1.54) is 43.9 Å². The van der Waals surface area contributed by atoms with E-state index < -0.39 is 33.8 Å². The molecule has 198 valence electrons. The minimum Gasteiger partial charge on any atom is -0.494 e. The SMILES string of the molecule is COc1cccc(OC)c1-n1c(NS(=O)(=O)[C@@H](C)Cc2ccc(F)cc2CO)nnc1C1CC=C(C)O1. The number of nitrogens with one attached hydrogen (secondary N) is 1. The molecule has 1 aliphatic rings. The standard InChI is InChI=1S/C25H29FN4O6S/c1-15-8-11-22(36-15)24-27-28-25(30(24)23-20(34-3)6-5-7-21(23)35-4)29-37(32,33)16(2)12-17-9-10-19(26)13-18(17)14-31/h5-10,13,16,22,31H,11-12,14H2,1-4H3,(H,28,29)/t16-,22?/m0/s1. The highest BCUT2D eigenvalue weighted by atomic mass is 32.2. The monoisotopic (exact) mass is 532 g/mol. The van der Waals surface area contributed by atoms with Gasteiger partial charge in [0.1, 0.15) is 23.0 Å². The predicted octanol–water partition coefficient (Wildman–Crippen LogP) is 3.65. The van der Waals surface area contributed by atoms with Crippen LogP contribution >= 0.6 is 0 Å². The molecule has 0 amide bonds. The van der Waals surface area contributed by atoms with Crippen molar-refractivity contribution >= 4 is 16.0 Å². The molecule has 0 saturated carbocycles. The number of rotatable bonds is 10. The molecule has 10 nitrogen and oxygen atoms in total. The van der Waals surface area contributed by atoms with Gasteiger partial charge in [-0.25, -0.2) is 12.8 Å². The van der Waals surface area contributed by atoms with Crippen molar-refractivity contribution in [2.24, 2.45) is 0 Å². The van der Waals surface area contributed by atoms with Crippen LogP contribution in [0.15, 0.2) is 48.2 Å². The first kappa shape index (κ1) is 26.4. The number of nitrogens with zero attached hydrogens (tertiary/aromatic N) is 3. The third-order valence-electron chi connectivity index (χ3n) is 6.16. The van der Waals surface area contributed by atoms with Gasteiger partial charge in [0.15, 0.2) is 11.9 Å². The van der Waals surface area contributed by atoms with Gasteiger partial charge in [-0.3, -0.25) is 9.29 Å². The third kappa shape index (κ3) is 5.39. The van der Waals surface area contributed by atoms with Gasteiger partial charge in [0.25, 0.3) is 0 Å². The van der Waals surface area contributed by atoms with Crippen molar-refractivity contribution in [2.45, 2.75) is 44.6 Å². The Hall–Kier alpha value is -3.64. The summed E-state index contributed by atoms with van der Waals surface area (Å²) < 4.78 is 61.5. The average Bonchev–Trinajstić information content (AvgIpc) is 3.49. The molecular weight excluding hydrogens is 503 g/mol. The summed E-state index contributed by atoms with van der Waals surface area (Å²) in [6.07, 6.45) is 1.98. The van der Waals surface area contributed by atoms with Crippen LogP contribution in [0.4, 0.5) is 10.3 Å². The van der Waals surface area contributed by atoms with Crippen LogP contribution in [0.5, 0.6) is 11.5 Å². The number of benzene rings is 2. The first-order valence-electron chi connectivity index (χ1n) is 11.6. The van der Waals surface area contributed by atoms with E-state index in [2.05, 4.69) is 14.9 Å². The Labute approximate surface area is 214 Å². The van der Waals surface area contributed by atoms with E-state index in [0.717, 1.165) is 5.76 Å². The van der Waals surface area contributed by atoms with Crippen molar-refractivity contribution in [3.05, 3.63) is 71.0 Å². The van der Waals surface area contributed by atoms with Gasteiger partial charge in [-0.2, -0.15) is 0 Å². The van der Waals surface area contributed by atoms with Crippen molar-refractivity contribution in [1.82, 2.24) is 14.8 Å². The number of para-hydroxylation sites is 1. The van der Waals surface area contributed by atoms with Gasteiger partial charge in [0, 0.05) is 6.42 Å². The van der Waals surface area contributed by atoms with Crippen LogP contribution in [-0.2, 0) is 27.8 Å². The van der Waals surface area contributed by atoms with Crippen LogP contribution < -0.4 is 14.2 Å². The lowest BCUT2D eigenvalue weighted by molar-refractivity contribution is 0.137. The third-order valence-corrected chi connectivity index (χ3v) is 7.85. The maximum atomic E-state index is 13.6. The zero-order valence-corrected chi connectivity index (χ0v) is 21.8. The summed E-state index contributed by atoms with van der Waals surface area (Å²) in [7, 11) is -1.03. The number of methoxy groups -OCH3 is 2. The summed E-state index contributed by atoms with van der Waals surface area (Å²) in [5, 5.41) is 17.0. The van der Waals surface area contributed by atoms with Crippen molar-refractivity contribution in [2.75, 3.05) is 18.9 Å². The van der Waals surface area contributed by atoms with Gasteiger partial charge < -0.3 is 19.3 Å². The van der Waals surface area contributed by atoms with E-state index >= 15 is 0 Å². The van der Waals surface area contributed by atoms with Crippen molar-refractivity contribution in [1.29, 1.82) is 0 Å². The second-order valence-electron chi connectivity index (χ2n) is 8.62. The molecule has 0 radical (unpaired) electrons. The van der Waals surface area contributed by atoms with Crippen LogP contribution in [0.2, 0.25) is 0 Å². The van der Waals surface area contributed by atoms with Crippen molar-refractivity contribution < 1.29 is 32.1 Å². The van der Waals surface area contributed by atoms with Crippen LogP contribution in [0.3, 0.4) is 0 Å². The Balaban J connectivity index is 1.74. The highest BCUT2D eigenvalue weighted by molar-refractivity contribution is 7.93. The van der Waals surface area contributed by atoms with E-state index in [4.69, 9.17) is 14.2 Å². The molecule has 1 aromatic heterocycles. The molecule has 2 aromatic carbocycles. The second kappa shape index (κ2) is 10.8. The summed E-state index contributed by atoms with van der Waals surface area (Å²) in [4.78, 5) is 0. The molecule has 1 unspecified atom stereocenters. The number of aliphatic hydroxyl groups excluding tert-OH is 1. The highest BCUT2D eigenvalue weighted by Crippen LogP contribution is 2.39. The lowest BCUT2D eigenvalue weighted by Gasteiger charge is -2.21. The number of allylic oxidation sites excluding steroid dienone is 1. The van der Waals surface area contributed by atoms with Crippen molar-refractivity contribution in [3.8, 4) is 17.2 Å². The van der Waals surface area contributed by atoms with Crippen LogP contribution in [0.25, 0.3) is 5.69 Å². The maximum Gasteiger partial charge on any atom is 0.243 e. The first-order chi connectivity index (χ1) is 17.7. The number of ether oxygens (including phenoxy) is 3. The smallest absolute Gasteiger partial charge is 0.243 e. The molecule has 37 heavy (non-hydrogen) atoms. The van der Waals surface area contributed by atoms with Crippen LogP contribution in [0.1, 0.15) is 43.3 Å². The Bertz CT molecular complexity index is 1400. The summed E-state index contributed by atoms with van der Waals surface area (Å²) in [6, 6.07) is 9.07. The first-order valence-corrected chi connectivity index (χ1v) is 13.1. The fourth-order valence-corrected chi connectivity index (χ4v) is 5.17. The molecule has 3 aromatic rings. The van der Waals surface area contributed by atoms with Gasteiger partial charge in [-0.05, 0) is 61.7 Å². The second-order valence-corrected chi connectivity index (χ2v) is 10.7. The number of hydrogen-bond donors (Lipinski definition) is 2. The Morgan fingerprint density at radius 2 is 1.89 bits per heavy atom. The number of anilines is 1. The number of aliphatic hydroxyl groups is 1. The predicted molar refractivity (Wildman–Crippen MR) is 135 cm³/mol. The van der Waals surface area contributed by atoms with E-state index in [9.17, 15) is 17.9 Å². The zero-order chi connectivity index (χ0) is 26.7. The summed E-state index contributed by atoms with van der Waals surface area (Å²) in [5.41, 5.74) is 1.26. The lowest BCUT2D eigenvalue weighted by Crippen LogP contribution is -2.29. The normalized spacial score (nSPS) is 16.2. The fourth-order valence-electron chi connectivity index (χ4n) is 4.18. The fraction of sp³-hybridized carbons (Fsp3) is 0.360. The molecule has 2 atom stereocenters. The maximum absolute atomic E-state index is 13.6. The summed E-state index contributed by atoms with van der Waals surface area (Å²) >= 11 is 0. The minimum absolute atomic E-state index is 0.0410. The number of hydrogen-bond acceptors (Lipinski definition) is 8. The summed E-state index contributed by atoms with van der Waals surface area (Å²) in [6.45, 7) is 2.94. The number of halogens is 1. The number of aromatic nitrogens is 3. The minimum atomic E-state index is -4.02. The highest BCUT2D eigenvalue weighted by Gasteiger charge is 2.32. The van der Waals surface area contributed by atoms with Gasteiger partial charge in [0.2, 0.25) is 16.0 Å². The van der Waals surface area contributed by atoms with Gasteiger partial charge in [-0.1, -0.05) is 12.1 Å². The quantitative estimate of drug-likeness (QED) is 0.405. The molecular formula is C25H29FN4O6S. The average molecular weight is 533 g/mol. The molecule has 0 fully saturated rings. The zero-order valence-electron chi connectivity index (χ0n) is 20.9. The van der Waals surface area contributed by atoms with Gasteiger partial charge in [-0.15, -0.1) is 10.2 Å². The van der Waals surface area contributed by atoms with Crippen molar-refractivity contribution in [3.63, 3.8) is 0 Å². The van der Waals surface area contributed by atoms with E-state index in [-0.39, 0.29) is 12.4 Å². The largest absolute Gasteiger partial charge is 0.494 e. The molecule has 1 aliphatic heterocycles. The van der Waals surface area contributed by atoms with E-state index in [0.29, 0.717) is 40.6 Å². The molecule has 2 heterocycles. The molecule has 0 spiro atoms. The van der Waals surface area contributed by atoms with E-state index in [1.54, 1.807) is 18.2 Å². The molecule has 0 aliphatic carbocycles. The topological polar surface area (TPSA) is 125 Å². The van der Waals surface area contributed by atoms with Crippen LogP contribution in [-0.4, -0.2) is 47.8 Å². The van der Waals surface area contributed by atoms with Gasteiger partial charge >= 0.3 is 0 Å². The van der Waals surface area contributed by atoms with Crippen LogP contribution in [0, 0.1) is 5.82 Å². The lowest BCUT2D eigenvalue weighted by atomic mass is 10.0. The number of sulfonamides is 1. The molecule has 2 N–H and O–H groups in total. The molecule has 0 saturated heterocycles.